The maximum Gasteiger partial charge on any atom is 0.285 e. The van der Waals surface area contributed by atoms with Gasteiger partial charge in [0.2, 0.25) is 11.8 Å². The Morgan fingerprint density at radius 3 is 2.31 bits per heavy atom. The number of nitrogens with one attached hydrogen (secondary N) is 4. The summed E-state index contributed by atoms with van der Waals surface area (Å²) in [5.74, 6) is 1.59. The molecule has 1 aromatic heterocycles. The Morgan fingerprint density at radius 1 is 0.829 bits per heavy atom. The summed E-state index contributed by atoms with van der Waals surface area (Å²) in [6, 6.07) is 23.9. The molecule has 2 aliphatic carbocycles. The molecule has 2 atom stereocenters. The van der Waals surface area contributed by atoms with Crippen LogP contribution in [0.3, 0.4) is 0 Å². The number of hydrogen-bond acceptors (Lipinski definition) is 2. The van der Waals surface area contributed by atoms with Gasteiger partial charge < -0.3 is 10.6 Å². The molecule has 176 valence electrons. The van der Waals surface area contributed by atoms with Crippen molar-refractivity contribution in [1.29, 1.82) is 0 Å². The Hall–Kier alpha value is -3.93. The summed E-state index contributed by atoms with van der Waals surface area (Å²) < 4.78 is 0. The van der Waals surface area contributed by atoms with E-state index in [1.165, 1.54) is 5.56 Å². The molecule has 2 aliphatic rings. The quantitative estimate of drug-likeness (QED) is 0.350. The van der Waals surface area contributed by atoms with Gasteiger partial charge in [0.05, 0.1) is 5.56 Å². The number of anilines is 2. The number of carbonyl (C=O) groups is 2. The van der Waals surface area contributed by atoms with Gasteiger partial charge in [0, 0.05) is 29.3 Å². The predicted molar refractivity (Wildman–Crippen MR) is 137 cm³/mol. The molecule has 0 radical (unpaired) electrons. The molecule has 4 aromatic rings. The third-order valence-electron chi connectivity index (χ3n) is 7.33. The topological polar surface area (TPSA) is 88.1 Å². The highest BCUT2D eigenvalue weighted by Gasteiger charge is 2.43. The van der Waals surface area contributed by atoms with Crippen LogP contribution >= 0.6 is 0 Å². The lowest BCUT2D eigenvalue weighted by Crippen LogP contribution is -2.20. The number of benzene rings is 3. The first kappa shape index (κ1) is 21.6. The van der Waals surface area contributed by atoms with Gasteiger partial charge in [0.25, 0.3) is 5.82 Å². The van der Waals surface area contributed by atoms with Gasteiger partial charge in [0.15, 0.2) is 11.0 Å². The van der Waals surface area contributed by atoms with E-state index in [9.17, 15) is 9.59 Å². The standard InChI is InChI=1S/C29H28N4O2/c34-28(20-8-4-5-9-20)31-22-14-15-25-26(16-22)33-27(32-25)19-10-12-21(13-11-19)30-29(35)24-17-23(24)18-6-2-1-3-7-18/h1-3,6-7,10-16,20,23-24H,4-5,8-9,17H2,(H,30,35)(H,31,34)(H,32,33)/p+1. The van der Waals surface area contributed by atoms with E-state index in [0.717, 1.165) is 65.9 Å². The summed E-state index contributed by atoms with van der Waals surface area (Å²) in [7, 11) is 0. The van der Waals surface area contributed by atoms with Crippen LogP contribution in [0.15, 0.2) is 72.8 Å². The fourth-order valence-electron chi connectivity index (χ4n) is 5.22. The minimum atomic E-state index is 0.0440. The number of aromatic amines is 2. The fraction of sp³-hybridized carbons (Fsp3) is 0.276. The molecule has 1 heterocycles. The summed E-state index contributed by atoms with van der Waals surface area (Å²) in [5, 5.41) is 6.12. The number of amides is 2. The Morgan fingerprint density at radius 2 is 1.54 bits per heavy atom. The summed E-state index contributed by atoms with van der Waals surface area (Å²) in [5.41, 5.74) is 5.73. The van der Waals surface area contributed by atoms with Crippen molar-refractivity contribution in [2.24, 2.45) is 11.8 Å². The summed E-state index contributed by atoms with van der Waals surface area (Å²) in [4.78, 5) is 32.0. The number of fused-ring (bicyclic) bond motifs is 1. The van der Waals surface area contributed by atoms with Gasteiger partial charge >= 0.3 is 0 Å². The van der Waals surface area contributed by atoms with Gasteiger partial charge in [-0.15, -0.1) is 0 Å². The Bertz CT molecular complexity index is 1370. The molecule has 35 heavy (non-hydrogen) atoms. The third kappa shape index (κ3) is 4.56. The van der Waals surface area contributed by atoms with Crippen LogP contribution in [0.2, 0.25) is 0 Å². The van der Waals surface area contributed by atoms with Crippen LogP contribution in [0.5, 0.6) is 0 Å². The Balaban J connectivity index is 1.11. The largest absolute Gasteiger partial charge is 0.326 e. The van der Waals surface area contributed by atoms with Crippen LogP contribution < -0.4 is 15.6 Å². The maximum absolute atomic E-state index is 12.7. The number of rotatable bonds is 6. The number of hydrogen-bond donors (Lipinski definition) is 3. The van der Waals surface area contributed by atoms with E-state index in [-0.39, 0.29) is 23.7 Å². The zero-order valence-corrected chi connectivity index (χ0v) is 19.5. The van der Waals surface area contributed by atoms with Crippen molar-refractivity contribution in [2.75, 3.05) is 10.6 Å². The molecule has 6 rings (SSSR count). The van der Waals surface area contributed by atoms with Gasteiger partial charge in [-0.25, -0.2) is 9.97 Å². The minimum Gasteiger partial charge on any atom is -0.326 e. The van der Waals surface area contributed by atoms with Crippen molar-refractivity contribution in [2.45, 2.75) is 38.0 Å². The zero-order chi connectivity index (χ0) is 23.8. The summed E-state index contributed by atoms with van der Waals surface area (Å²) >= 11 is 0. The lowest BCUT2D eigenvalue weighted by atomic mass is 10.1. The molecule has 6 heteroatoms. The van der Waals surface area contributed by atoms with Gasteiger partial charge in [-0.1, -0.05) is 43.2 Å². The highest BCUT2D eigenvalue weighted by Crippen LogP contribution is 2.47. The molecule has 0 aliphatic heterocycles. The second kappa shape index (κ2) is 9.02. The van der Waals surface area contributed by atoms with Gasteiger partial charge in [-0.2, -0.15) is 0 Å². The molecule has 6 nitrogen and oxygen atoms in total. The van der Waals surface area contributed by atoms with Crippen LogP contribution in [-0.2, 0) is 9.59 Å². The first-order valence-corrected chi connectivity index (χ1v) is 12.5. The van der Waals surface area contributed by atoms with Crippen molar-refractivity contribution >= 4 is 34.2 Å². The molecule has 2 fully saturated rings. The Kier molecular flexibility index (Phi) is 5.57. The first-order chi connectivity index (χ1) is 17.1. The lowest BCUT2D eigenvalue weighted by molar-refractivity contribution is -0.330. The van der Waals surface area contributed by atoms with Gasteiger partial charge in [0.1, 0.15) is 0 Å². The van der Waals surface area contributed by atoms with E-state index in [2.05, 4.69) is 32.7 Å². The molecule has 0 bridgehead atoms. The number of imidazole rings is 1. The monoisotopic (exact) mass is 465 g/mol. The molecule has 2 unspecified atom stereocenters. The molecular formula is C29H29N4O2+. The fourth-order valence-corrected chi connectivity index (χ4v) is 5.22. The van der Waals surface area contributed by atoms with Gasteiger partial charge in [-0.05, 0) is 67.1 Å². The SMILES string of the molecule is O=C(Nc1ccc2[nH+]c(-c3ccc(NC(=O)C4CC4c4ccccc4)cc3)[nH]c2c1)C1CCCC1. The van der Waals surface area contributed by atoms with Crippen molar-refractivity contribution < 1.29 is 14.6 Å². The number of carbonyl (C=O) groups excluding carboxylic acids is 2. The number of H-pyrrole nitrogens is 2. The molecule has 4 N–H and O–H groups in total. The van der Waals surface area contributed by atoms with E-state index >= 15 is 0 Å². The van der Waals surface area contributed by atoms with Crippen LogP contribution in [0, 0.1) is 11.8 Å². The van der Waals surface area contributed by atoms with Crippen LogP contribution in [0.25, 0.3) is 22.4 Å². The summed E-state index contributed by atoms with van der Waals surface area (Å²) in [6.07, 6.45) is 5.16. The second-order valence-corrected chi connectivity index (χ2v) is 9.78. The van der Waals surface area contributed by atoms with Crippen molar-refractivity contribution in [3.8, 4) is 11.4 Å². The van der Waals surface area contributed by atoms with Crippen molar-refractivity contribution in [1.82, 2.24) is 4.98 Å². The molecule has 0 saturated heterocycles. The normalized spacial score (nSPS) is 19.5. The first-order valence-electron chi connectivity index (χ1n) is 12.5. The molecular weight excluding hydrogens is 436 g/mol. The Labute approximate surface area is 204 Å². The average Bonchev–Trinajstić information content (AvgIpc) is 3.28. The summed E-state index contributed by atoms with van der Waals surface area (Å²) in [6.45, 7) is 0. The van der Waals surface area contributed by atoms with E-state index < -0.39 is 0 Å². The smallest absolute Gasteiger partial charge is 0.285 e. The highest BCUT2D eigenvalue weighted by molar-refractivity contribution is 5.96. The predicted octanol–water partition coefficient (Wildman–Crippen LogP) is 5.52. The average molecular weight is 466 g/mol. The molecule has 2 saturated carbocycles. The van der Waals surface area contributed by atoms with Gasteiger partial charge in [-0.3, -0.25) is 9.59 Å². The lowest BCUT2D eigenvalue weighted by Gasteiger charge is -2.09. The number of aromatic nitrogens is 2. The van der Waals surface area contributed by atoms with E-state index in [4.69, 9.17) is 0 Å². The minimum absolute atomic E-state index is 0.0440. The molecule has 3 aromatic carbocycles. The van der Waals surface area contributed by atoms with Crippen molar-refractivity contribution in [3.63, 3.8) is 0 Å². The van der Waals surface area contributed by atoms with Crippen LogP contribution in [0.4, 0.5) is 11.4 Å². The zero-order valence-electron chi connectivity index (χ0n) is 19.5. The van der Waals surface area contributed by atoms with E-state index in [1.807, 2.05) is 60.7 Å². The van der Waals surface area contributed by atoms with Crippen molar-refractivity contribution in [3.05, 3.63) is 78.4 Å². The van der Waals surface area contributed by atoms with Crippen LogP contribution in [0.1, 0.15) is 43.6 Å². The second-order valence-electron chi connectivity index (χ2n) is 9.78. The maximum atomic E-state index is 12.7. The van der Waals surface area contributed by atoms with E-state index in [1.54, 1.807) is 0 Å². The highest BCUT2D eigenvalue weighted by atomic mass is 16.2. The van der Waals surface area contributed by atoms with Crippen LogP contribution in [-0.4, -0.2) is 16.8 Å². The third-order valence-corrected chi connectivity index (χ3v) is 7.33. The van der Waals surface area contributed by atoms with E-state index in [0.29, 0.717) is 5.92 Å². The molecule has 2 amide bonds. The molecule has 0 spiro atoms.